The standard InChI is InChI=1S/C15H20ClN3S/c1-10(17-3)14-9-20-15(18-14)19(4)11(2)12-7-5-6-8-13(12)16/h5-11,17H,1-4H3. The van der Waals surface area contributed by atoms with Crippen molar-refractivity contribution in [3.63, 3.8) is 0 Å². The van der Waals surface area contributed by atoms with E-state index in [1.807, 2.05) is 25.2 Å². The Morgan fingerprint density at radius 3 is 2.65 bits per heavy atom. The molecular weight excluding hydrogens is 290 g/mol. The number of nitrogens with one attached hydrogen (secondary N) is 1. The van der Waals surface area contributed by atoms with Crippen LogP contribution in [0.15, 0.2) is 29.6 Å². The smallest absolute Gasteiger partial charge is 0.185 e. The van der Waals surface area contributed by atoms with Gasteiger partial charge in [-0.25, -0.2) is 4.98 Å². The van der Waals surface area contributed by atoms with Gasteiger partial charge in [0.05, 0.1) is 11.7 Å². The minimum Gasteiger partial charge on any atom is -0.344 e. The Bertz CT molecular complexity index is 570. The first kappa shape index (κ1) is 15.3. The largest absolute Gasteiger partial charge is 0.344 e. The van der Waals surface area contributed by atoms with Crippen LogP contribution in [0.4, 0.5) is 5.13 Å². The Kier molecular flexibility index (Phi) is 5.02. The van der Waals surface area contributed by atoms with Crippen LogP contribution in [0.5, 0.6) is 0 Å². The number of halogens is 1. The lowest BCUT2D eigenvalue weighted by Gasteiger charge is -2.25. The van der Waals surface area contributed by atoms with Crippen molar-refractivity contribution >= 4 is 28.1 Å². The van der Waals surface area contributed by atoms with Crippen LogP contribution in [0.1, 0.15) is 37.2 Å². The fourth-order valence-corrected chi connectivity index (χ4v) is 3.23. The summed E-state index contributed by atoms with van der Waals surface area (Å²) in [6, 6.07) is 8.42. The van der Waals surface area contributed by atoms with Crippen LogP contribution in [0.25, 0.3) is 0 Å². The van der Waals surface area contributed by atoms with E-state index in [1.165, 1.54) is 0 Å². The SMILES string of the molecule is CNC(C)c1csc(N(C)C(C)c2ccccc2Cl)n1. The molecule has 0 saturated carbocycles. The van der Waals surface area contributed by atoms with Gasteiger partial charge in [-0.1, -0.05) is 29.8 Å². The zero-order chi connectivity index (χ0) is 14.7. The van der Waals surface area contributed by atoms with Crippen LogP contribution in [0, 0.1) is 0 Å². The fourth-order valence-electron chi connectivity index (χ4n) is 1.97. The van der Waals surface area contributed by atoms with Gasteiger partial charge in [0.1, 0.15) is 0 Å². The van der Waals surface area contributed by atoms with Crippen molar-refractivity contribution in [1.29, 1.82) is 0 Å². The van der Waals surface area contributed by atoms with Gasteiger partial charge < -0.3 is 10.2 Å². The van der Waals surface area contributed by atoms with Crippen molar-refractivity contribution in [1.82, 2.24) is 10.3 Å². The van der Waals surface area contributed by atoms with Gasteiger partial charge in [-0.3, -0.25) is 0 Å². The predicted octanol–water partition coefficient (Wildman–Crippen LogP) is 4.27. The second-order valence-corrected chi connectivity index (χ2v) is 6.12. The summed E-state index contributed by atoms with van der Waals surface area (Å²) in [6.07, 6.45) is 0. The number of rotatable bonds is 5. The monoisotopic (exact) mass is 309 g/mol. The predicted molar refractivity (Wildman–Crippen MR) is 87.9 cm³/mol. The molecule has 0 aliphatic rings. The Morgan fingerprint density at radius 2 is 2.00 bits per heavy atom. The molecule has 1 heterocycles. The topological polar surface area (TPSA) is 28.2 Å². The maximum atomic E-state index is 6.28. The van der Waals surface area contributed by atoms with Crippen molar-refractivity contribution in [2.75, 3.05) is 19.0 Å². The molecule has 108 valence electrons. The molecule has 0 bridgehead atoms. The van der Waals surface area contributed by atoms with Gasteiger partial charge in [-0.2, -0.15) is 0 Å². The Balaban J connectivity index is 2.21. The Hall–Kier alpha value is -1.10. The highest BCUT2D eigenvalue weighted by atomic mass is 35.5. The van der Waals surface area contributed by atoms with Gasteiger partial charge in [0.25, 0.3) is 0 Å². The first-order valence-electron chi connectivity index (χ1n) is 6.64. The van der Waals surface area contributed by atoms with E-state index >= 15 is 0 Å². The highest BCUT2D eigenvalue weighted by Gasteiger charge is 2.18. The summed E-state index contributed by atoms with van der Waals surface area (Å²) < 4.78 is 0. The second kappa shape index (κ2) is 6.57. The van der Waals surface area contributed by atoms with Crippen LogP contribution < -0.4 is 10.2 Å². The van der Waals surface area contributed by atoms with Gasteiger partial charge in [-0.15, -0.1) is 11.3 Å². The van der Waals surface area contributed by atoms with Gasteiger partial charge in [-0.05, 0) is 32.5 Å². The van der Waals surface area contributed by atoms with E-state index in [2.05, 4.69) is 42.6 Å². The molecular formula is C15H20ClN3S. The molecule has 0 aliphatic heterocycles. The molecule has 0 amide bonds. The zero-order valence-electron chi connectivity index (χ0n) is 12.2. The first-order valence-corrected chi connectivity index (χ1v) is 7.90. The average Bonchev–Trinajstić information content (AvgIpc) is 2.95. The van der Waals surface area contributed by atoms with Gasteiger partial charge >= 0.3 is 0 Å². The first-order chi connectivity index (χ1) is 9.54. The second-order valence-electron chi connectivity index (χ2n) is 4.87. The normalized spacial score (nSPS) is 14.1. The number of hydrogen-bond donors (Lipinski definition) is 1. The van der Waals surface area contributed by atoms with Crippen LogP contribution in [-0.4, -0.2) is 19.1 Å². The van der Waals surface area contributed by atoms with Crippen LogP contribution in [0.2, 0.25) is 5.02 Å². The van der Waals surface area contributed by atoms with Gasteiger partial charge in [0.2, 0.25) is 0 Å². The Morgan fingerprint density at radius 1 is 1.30 bits per heavy atom. The van der Waals surface area contributed by atoms with E-state index in [4.69, 9.17) is 16.6 Å². The summed E-state index contributed by atoms with van der Waals surface area (Å²) in [5.41, 5.74) is 2.20. The van der Waals surface area contributed by atoms with Crippen molar-refractivity contribution < 1.29 is 0 Å². The molecule has 2 aromatic rings. The number of benzene rings is 1. The molecule has 3 nitrogen and oxygen atoms in total. The van der Waals surface area contributed by atoms with E-state index in [-0.39, 0.29) is 12.1 Å². The third kappa shape index (κ3) is 3.14. The van der Waals surface area contributed by atoms with Crippen LogP contribution in [0.3, 0.4) is 0 Å². The summed E-state index contributed by atoms with van der Waals surface area (Å²) in [4.78, 5) is 6.86. The van der Waals surface area contributed by atoms with E-state index in [0.717, 1.165) is 21.4 Å². The summed E-state index contributed by atoms with van der Waals surface area (Å²) >= 11 is 7.94. The molecule has 0 radical (unpaired) electrons. The molecule has 1 aromatic heterocycles. The molecule has 0 fully saturated rings. The maximum Gasteiger partial charge on any atom is 0.185 e. The van der Waals surface area contributed by atoms with Crippen molar-refractivity contribution in [2.24, 2.45) is 0 Å². The van der Waals surface area contributed by atoms with Gasteiger partial charge in [0.15, 0.2) is 5.13 Å². The molecule has 0 saturated heterocycles. The van der Waals surface area contributed by atoms with E-state index in [1.54, 1.807) is 11.3 Å². The third-order valence-electron chi connectivity index (χ3n) is 3.62. The lowest BCUT2D eigenvalue weighted by Crippen LogP contribution is -2.22. The summed E-state index contributed by atoms with van der Waals surface area (Å²) in [6.45, 7) is 4.25. The number of anilines is 1. The highest BCUT2D eigenvalue weighted by molar-refractivity contribution is 7.13. The number of thiazole rings is 1. The molecule has 1 aromatic carbocycles. The number of hydrogen-bond acceptors (Lipinski definition) is 4. The fraction of sp³-hybridized carbons (Fsp3) is 0.400. The van der Waals surface area contributed by atoms with E-state index in [0.29, 0.717) is 0 Å². The maximum absolute atomic E-state index is 6.28. The molecule has 2 atom stereocenters. The molecule has 1 N–H and O–H groups in total. The molecule has 2 rings (SSSR count). The third-order valence-corrected chi connectivity index (χ3v) is 4.92. The molecule has 5 heteroatoms. The molecule has 0 spiro atoms. The van der Waals surface area contributed by atoms with E-state index in [9.17, 15) is 0 Å². The molecule has 2 unspecified atom stereocenters. The van der Waals surface area contributed by atoms with Crippen LogP contribution in [-0.2, 0) is 0 Å². The summed E-state index contributed by atoms with van der Waals surface area (Å²) in [7, 11) is 4.00. The quantitative estimate of drug-likeness (QED) is 0.893. The highest BCUT2D eigenvalue weighted by Crippen LogP contribution is 2.32. The molecule has 20 heavy (non-hydrogen) atoms. The van der Waals surface area contributed by atoms with Crippen molar-refractivity contribution in [2.45, 2.75) is 25.9 Å². The van der Waals surface area contributed by atoms with Crippen molar-refractivity contribution in [3.8, 4) is 0 Å². The Labute approximate surface area is 129 Å². The van der Waals surface area contributed by atoms with Gasteiger partial charge in [0, 0.05) is 23.5 Å². The minimum atomic E-state index is 0.188. The average molecular weight is 310 g/mol. The van der Waals surface area contributed by atoms with Crippen LogP contribution >= 0.6 is 22.9 Å². The number of nitrogens with zero attached hydrogens (tertiary/aromatic N) is 2. The van der Waals surface area contributed by atoms with E-state index < -0.39 is 0 Å². The summed E-state index contributed by atoms with van der Waals surface area (Å²) in [5, 5.41) is 7.12. The minimum absolute atomic E-state index is 0.188. The zero-order valence-corrected chi connectivity index (χ0v) is 13.8. The lowest BCUT2D eigenvalue weighted by atomic mass is 10.1. The summed E-state index contributed by atoms with van der Waals surface area (Å²) in [5.74, 6) is 0. The van der Waals surface area contributed by atoms with Crippen molar-refractivity contribution in [3.05, 3.63) is 45.9 Å². The molecule has 0 aliphatic carbocycles. The lowest BCUT2D eigenvalue weighted by molar-refractivity contribution is 0.634. The number of aromatic nitrogens is 1.